The van der Waals surface area contributed by atoms with E-state index in [4.69, 9.17) is 30.5 Å². The Kier molecular flexibility index (Phi) is 11.4. The summed E-state index contributed by atoms with van der Waals surface area (Å²) in [6, 6.07) is 9.58. The number of benzene rings is 2. The number of ether oxygens (including phenoxy) is 4. The van der Waals surface area contributed by atoms with Gasteiger partial charge in [0, 0.05) is 46.4 Å². The number of aliphatic hydroxyl groups is 1. The van der Waals surface area contributed by atoms with Gasteiger partial charge in [0.15, 0.2) is 11.5 Å². The minimum atomic E-state index is -1.24. The first-order valence-corrected chi connectivity index (χ1v) is 15.8. The van der Waals surface area contributed by atoms with Gasteiger partial charge >= 0.3 is 5.97 Å². The second kappa shape index (κ2) is 14.8. The number of carbonyl (C=O) groups is 3. The summed E-state index contributed by atoms with van der Waals surface area (Å²) in [5.41, 5.74) is 1.05. The smallest absolute Gasteiger partial charge is 0.328 e. The third-order valence-corrected chi connectivity index (χ3v) is 8.95. The number of fused-ring (bicyclic) bond motifs is 1. The van der Waals surface area contributed by atoms with Crippen LogP contribution in [0.15, 0.2) is 36.4 Å². The van der Waals surface area contributed by atoms with Gasteiger partial charge in [-0.05, 0) is 44.0 Å². The molecule has 11 heteroatoms. The largest absolute Gasteiger partial charge is 0.493 e. The number of anilines is 1. The SMILES string of the molecule is COC(=O)[C@H](C)N(C(=O)C[C@H]1O[C@H](c2cccc(OC)c2OC)c2cc(Cl)ccc2N(CC(C)(C)CO)C1=O)C1CCCCC1. The minimum Gasteiger partial charge on any atom is -0.493 e. The van der Waals surface area contributed by atoms with Crippen LogP contribution in [0.1, 0.15) is 76.5 Å². The number of hydrogen-bond donors (Lipinski definition) is 1. The maximum absolute atomic E-state index is 14.5. The molecule has 1 aliphatic carbocycles. The standard InChI is InChI=1S/C34H45ClN2O8/c1-21(33(41)44-6)37(23-11-8-7-9-12-23)29(39)18-28-32(40)36(19-34(2,3)20-38)26-16-15-22(35)17-25(26)30(45-28)24-13-10-14-27(42-4)31(24)43-5/h10,13-17,21,23,28,30,38H,7-9,11-12,18-20H2,1-6H3/t21-,28+,30+/m0/s1. The van der Waals surface area contributed by atoms with E-state index in [0.29, 0.717) is 33.3 Å². The molecule has 1 saturated carbocycles. The van der Waals surface area contributed by atoms with Crippen molar-refractivity contribution >= 4 is 35.1 Å². The fourth-order valence-corrected chi connectivity index (χ4v) is 6.53. The second-order valence-electron chi connectivity index (χ2n) is 12.5. The Labute approximate surface area is 270 Å². The molecule has 1 heterocycles. The number of hydrogen-bond acceptors (Lipinski definition) is 8. The van der Waals surface area contributed by atoms with Crippen molar-refractivity contribution in [2.24, 2.45) is 5.41 Å². The molecule has 0 unspecified atom stereocenters. The number of aliphatic hydroxyl groups excluding tert-OH is 1. The zero-order chi connectivity index (χ0) is 32.9. The van der Waals surface area contributed by atoms with Gasteiger partial charge in [0.25, 0.3) is 5.91 Å². The zero-order valence-corrected chi connectivity index (χ0v) is 27.8. The molecule has 0 aromatic heterocycles. The molecule has 246 valence electrons. The average Bonchev–Trinajstić information content (AvgIpc) is 3.14. The molecule has 4 rings (SSSR count). The molecule has 2 amide bonds. The van der Waals surface area contributed by atoms with Crippen LogP contribution in [0.3, 0.4) is 0 Å². The lowest BCUT2D eigenvalue weighted by molar-refractivity contribution is -0.157. The number of rotatable bonds is 11. The molecule has 0 spiro atoms. The van der Waals surface area contributed by atoms with Crippen LogP contribution >= 0.6 is 11.6 Å². The van der Waals surface area contributed by atoms with E-state index in [1.807, 2.05) is 19.9 Å². The third-order valence-electron chi connectivity index (χ3n) is 8.71. The van der Waals surface area contributed by atoms with Crippen LogP contribution in [0.5, 0.6) is 11.5 Å². The maximum Gasteiger partial charge on any atom is 0.328 e. The van der Waals surface area contributed by atoms with Crippen LogP contribution in [-0.2, 0) is 23.9 Å². The van der Waals surface area contributed by atoms with E-state index in [-0.39, 0.29) is 31.5 Å². The fourth-order valence-electron chi connectivity index (χ4n) is 6.35. The monoisotopic (exact) mass is 644 g/mol. The number of carbonyl (C=O) groups excluding carboxylic acids is 3. The molecule has 1 aliphatic heterocycles. The number of methoxy groups -OCH3 is 3. The molecule has 45 heavy (non-hydrogen) atoms. The van der Waals surface area contributed by atoms with Crippen molar-refractivity contribution < 1.29 is 38.4 Å². The summed E-state index contributed by atoms with van der Waals surface area (Å²) < 4.78 is 23.0. The number of para-hydroxylation sites is 1. The van der Waals surface area contributed by atoms with E-state index in [1.54, 1.807) is 47.1 Å². The van der Waals surface area contributed by atoms with Crippen molar-refractivity contribution in [3.05, 3.63) is 52.5 Å². The number of amides is 2. The summed E-state index contributed by atoms with van der Waals surface area (Å²) in [7, 11) is 4.36. The van der Waals surface area contributed by atoms with Crippen LogP contribution < -0.4 is 14.4 Å². The Morgan fingerprint density at radius 2 is 1.80 bits per heavy atom. The molecule has 2 aromatic rings. The van der Waals surface area contributed by atoms with Gasteiger partial charge in [-0.2, -0.15) is 0 Å². The first-order valence-electron chi connectivity index (χ1n) is 15.4. The van der Waals surface area contributed by atoms with Crippen LogP contribution in [0.25, 0.3) is 0 Å². The van der Waals surface area contributed by atoms with Crippen LogP contribution in [0.2, 0.25) is 5.02 Å². The van der Waals surface area contributed by atoms with Crippen LogP contribution in [0, 0.1) is 5.41 Å². The van der Waals surface area contributed by atoms with E-state index in [0.717, 1.165) is 32.1 Å². The molecule has 10 nitrogen and oxygen atoms in total. The van der Waals surface area contributed by atoms with Crippen LogP contribution in [-0.4, -0.2) is 80.5 Å². The predicted octanol–water partition coefficient (Wildman–Crippen LogP) is 5.31. The van der Waals surface area contributed by atoms with Gasteiger partial charge in [0.1, 0.15) is 18.2 Å². The summed E-state index contributed by atoms with van der Waals surface area (Å²) in [4.78, 5) is 44.6. The lowest BCUT2D eigenvalue weighted by Crippen LogP contribution is -2.52. The molecule has 1 fully saturated rings. The number of halogens is 1. The first-order chi connectivity index (χ1) is 21.5. The Bertz CT molecular complexity index is 1380. The zero-order valence-electron chi connectivity index (χ0n) is 27.0. The van der Waals surface area contributed by atoms with Gasteiger partial charge in [0.05, 0.1) is 27.8 Å². The van der Waals surface area contributed by atoms with Gasteiger partial charge in [0.2, 0.25) is 5.91 Å². The fraction of sp³-hybridized carbons (Fsp3) is 0.559. The van der Waals surface area contributed by atoms with Gasteiger partial charge in [-0.15, -0.1) is 0 Å². The van der Waals surface area contributed by atoms with Crippen LogP contribution in [0.4, 0.5) is 5.69 Å². The Balaban J connectivity index is 1.85. The lowest BCUT2D eigenvalue weighted by atomic mass is 9.92. The van der Waals surface area contributed by atoms with Crippen molar-refractivity contribution in [3.8, 4) is 11.5 Å². The molecule has 2 aromatic carbocycles. The molecular formula is C34H45ClN2O8. The molecule has 1 N–H and O–H groups in total. The molecule has 3 atom stereocenters. The van der Waals surface area contributed by atoms with Crippen molar-refractivity contribution in [1.29, 1.82) is 0 Å². The van der Waals surface area contributed by atoms with Crippen molar-refractivity contribution in [1.82, 2.24) is 4.90 Å². The molecule has 0 saturated heterocycles. The second-order valence-corrected chi connectivity index (χ2v) is 13.0. The summed E-state index contributed by atoms with van der Waals surface area (Å²) in [5, 5.41) is 10.6. The molecule has 0 radical (unpaired) electrons. The Morgan fingerprint density at radius 1 is 1.09 bits per heavy atom. The molecule has 2 aliphatic rings. The lowest BCUT2D eigenvalue weighted by Gasteiger charge is -2.38. The van der Waals surface area contributed by atoms with E-state index in [9.17, 15) is 19.5 Å². The van der Waals surface area contributed by atoms with Crippen molar-refractivity contribution in [2.45, 2.75) is 83.6 Å². The van der Waals surface area contributed by atoms with E-state index in [1.165, 1.54) is 21.3 Å². The normalized spacial score (nSPS) is 19.7. The highest BCUT2D eigenvalue weighted by Crippen LogP contribution is 2.46. The highest BCUT2D eigenvalue weighted by Gasteiger charge is 2.43. The average molecular weight is 645 g/mol. The maximum atomic E-state index is 14.5. The van der Waals surface area contributed by atoms with E-state index < -0.39 is 35.5 Å². The van der Waals surface area contributed by atoms with Gasteiger partial charge in [-0.1, -0.05) is 56.8 Å². The predicted molar refractivity (Wildman–Crippen MR) is 171 cm³/mol. The highest BCUT2D eigenvalue weighted by atomic mass is 35.5. The first kappa shape index (κ1) is 34.5. The molecular weight excluding hydrogens is 600 g/mol. The van der Waals surface area contributed by atoms with Gasteiger partial charge in [-0.3, -0.25) is 9.59 Å². The third kappa shape index (κ3) is 7.56. The van der Waals surface area contributed by atoms with Gasteiger partial charge in [-0.25, -0.2) is 4.79 Å². The summed E-state index contributed by atoms with van der Waals surface area (Å²) >= 11 is 6.53. The quantitative estimate of drug-likeness (QED) is 0.328. The summed E-state index contributed by atoms with van der Waals surface area (Å²) in [6.45, 7) is 5.34. The van der Waals surface area contributed by atoms with Gasteiger partial charge < -0.3 is 33.9 Å². The number of nitrogens with zero attached hydrogens (tertiary/aromatic N) is 2. The van der Waals surface area contributed by atoms with Crippen molar-refractivity contribution in [3.63, 3.8) is 0 Å². The Morgan fingerprint density at radius 3 is 2.42 bits per heavy atom. The van der Waals surface area contributed by atoms with E-state index in [2.05, 4.69) is 0 Å². The Hall–Kier alpha value is -3.34. The van der Waals surface area contributed by atoms with Crippen molar-refractivity contribution in [2.75, 3.05) is 39.4 Å². The van der Waals surface area contributed by atoms with E-state index >= 15 is 0 Å². The number of esters is 1. The summed E-state index contributed by atoms with van der Waals surface area (Å²) in [5.74, 6) is -0.443. The molecule has 0 bridgehead atoms. The highest BCUT2D eigenvalue weighted by molar-refractivity contribution is 6.30. The topological polar surface area (TPSA) is 115 Å². The summed E-state index contributed by atoms with van der Waals surface area (Å²) in [6.07, 6.45) is 2.04. The minimum absolute atomic E-state index is 0.151.